The molecule has 3 aromatic rings. The molecule has 0 amide bonds. The summed E-state index contributed by atoms with van der Waals surface area (Å²) in [6.45, 7) is 0. The molecule has 0 aliphatic heterocycles. The first kappa shape index (κ1) is 11.8. The highest BCUT2D eigenvalue weighted by Crippen LogP contribution is 2.30. The lowest BCUT2D eigenvalue weighted by Crippen LogP contribution is -1.95. The van der Waals surface area contributed by atoms with Gasteiger partial charge in [-0.1, -0.05) is 34.1 Å². The second-order valence-corrected chi connectivity index (χ2v) is 6.25. The Morgan fingerprint density at radius 2 is 2.06 bits per heavy atom. The molecular weight excluding hydrogens is 308 g/mol. The molecule has 90 valence electrons. The molecule has 2 heterocycles. The van der Waals surface area contributed by atoms with Crippen LogP contribution in [0.2, 0.25) is 0 Å². The molecule has 1 aromatic carbocycles. The molecule has 0 spiro atoms. The normalized spacial score (nSPS) is 12.7. The summed E-state index contributed by atoms with van der Waals surface area (Å²) in [5.41, 5.74) is 2.28. The summed E-state index contributed by atoms with van der Waals surface area (Å²) in [5.74, 6) is 0. The molecule has 2 aromatic heterocycles. The third-order valence-corrected chi connectivity index (χ3v) is 4.65. The highest BCUT2D eigenvalue weighted by molar-refractivity contribution is 9.09. The van der Waals surface area contributed by atoms with Crippen molar-refractivity contribution in [2.45, 2.75) is 11.2 Å². The largest absolute Gasteiger partial charge is 0.264 e. The second kappa shape index (κ2) is 5.16. The zero-order valence-corrected chi connectivity index (χ0v) is 12.0. The summed E-state index contributed by atoms with van der Waals surface area (Å²) in [4.78, 5) is 9.06. The quantitative estimate of drug-likeness (QED) is 0.670. The molecule has 0 bridgehead atoms. The summed E-state index contributed by atoms with van der Waals surface area (Å²) in [5, 5.41) is 1.15. The second-order valence-electron chi connectivity index (χ2n) is 4.03. The van der Waals surface area contributed by atoms with Crippen LogP contribution in [0.25, 0.3) is 10.2 Å². The predicted molar refractivity (Wildman–Crippen MR) is 79.2 cm³/mol. The average molecular weight is 319 g/mol. The van der Waals surface area contributed by atoms with Crippen LogP contribution in [0.5, 0.6) is 0 Å². The van der Waals surface area contributed by atoms with Crippen molar-refractivity contribution in [1.82, 2.24) is 9.97 Å². The lowest BCUT2D eigenvalue weighted by Gasteiger charge is -2.06. The third-order valence-electron chi connectivity index (χ3n) is 2.74. The number of aromatic nitrogens is 2. The van der Waals surface area contributed by atoms with Gasteiger partial charge in [0.15, 0.2) is 0 Å². The lowest BCUT2D eigenvalue weighted by molar-refractivity contribution is 0.929. The molecule has 1 unspecified atom stereocenters. The summed E-state index contributed by atoms with van der Waals surface area (Å²) < 4.78 is 1.25. The van der Waals surface area contributed by atoms with Crippen molar-refractivity contribution >= 4 is 37.5 Å². The van der Waals surface area contributed by atoms with Gasteiger partial charge in [0.05, 0.1) is 15.2 Å². The zero-order valence-electron chi connectivity index (χ0n) is 9.58. The number of para-hydroxylation sites is 1. The van der Waals surface area contributed by atoms with Gasteiger partial charge in [0, 0.05) is 23.6 Å². The molecule has 0 saturated heterocycles. The highest BCUT2D eigenvalue weighted by atomic mass is 79.9. The predicted octanol–water partition coefficient (Wildman–Crippen LogP) is 4.37. The SMILES string of the molecule is BrC(Cc1nc2ccccc2s1)c1cccnc1. The lowest BCUT2D eigenvalue weighted by atomic mass is 10.2. The monoisotopic (exact) mass is 318 g/mol. The van der Waals surface area contributed by atoms with E-state index < -0.39 is 0 Å². The van der Waals surface area contributed by atoms with E-state index in [4.69, 9.17) is 0 Å². The van der Waals surface area contributed by atoms with Gasteiger partial charge in [-0.3, -0.25) is 4.98 Å². The number of nitrogens with zero attached hydrogens (tertiary/aromatic N) is 2. The maximum atomic E-state index is 4.65. The maximum absolute atomic E-state index is 4.65. The fourth-order valence-corrected chi connectivity index (χ4v) is 3.64. The van der Waals surface area contributed by atoms with E-state index in [-0.39, 0.29) is 4.83 Å². The molecule has 2 nitrogen and oxygen atoms in total. The Morgan fingerprint density at radius 1 is 1.17 bits per heavy atom. The van der Waals surface area contributed by atoms with Crippen LogP contribution in [0.1, 0.15) is 15.4 Å². The Balaban J connectivity index is 1.84. The Bertz CT molecular complexity index is 618. The topological polar surface area (TPSA) is 25.8 Å². The average Bonchev–Trinajstić information content (AvgIpc) is 2.82. The summed E-state index contributed by atoms with van der Waals surface area (Å²) in [6.07, 6.45) is 4.58. The Kier molecular flexibility index (Phi) is 3.39. The highest BCUT2D eigenvalue weighted by Gasteiger charge is 2.11. The van der Waals surface area contributed by atoms with Gasteiger partial charge in [-0.15, -0.1) is 11.3 Å². The van der Waals surface area contributed by atoms with Gasteiger partial charge in [-0.05, 0) is 23.8 Å². The zero-order chi connectivity index (χ0) is 12.4. The summed E-state index contributed by atoms with van der Waals surface area (Å²) in [7, 11) is 0. The Hall–Kier alpha value is -1.26. The summed E-state index contributed by atoms with van der Waals surface area (Å²) >= 11 is 5.47. The van der Waals surface area contributed by atoms with E-state index in [2.05, 4.69) is 50.2 Å². The molecule has 0 saturated carbocycles. The molecule has 0 aliphatic carbocycles. The van der Waals surface area contributed by atoms with E-state index in [0.29, 0.717) is 0 Å². The number of rotatable bonds is 3. The van der Waals surface area contributed by atoms with Gasteiger partial charge in [-0.2, -0.15) is 0 Å². The molecule has 0 radical (unpaired) electrons. The Morgan fingerprint density at radius 3 is 2.83 bits per heavy atom. The van der Waals surface area contributed by atoms with Crippen molar-refractivity contribution in [2.75, 3.05) is 0 Å². The van der Waals surface area contributed by atoms with Gasteiger partial charge in [0.25, 0.3) is 0 Å². The number of pyridine rings is 1. The van der Waals surface area contributed by atoms with Crippen molar-refractivity contribution in [3.63, 3.8) is 0 Å². The molecule has 0 N–H and O–H groups in total. The number of hydrogen-bond donors (Lipinski definition) is 0. The van der Waals surface area contributed by atoms with Crippen LogP contribution < -0.4 is 0 Å². The minimum atomic E-state index is 0.270. The number of halogens is 1. The van der Waals surface area contributed by atoms with Crippen LogP contribution in [0.4, 0.5) is 0 Å². The van der Waals surface area contributed by atoms with E-state index in [1.165, 1.54) is 10.3 Å². The van der Waals surface area contributed by atoms with Gasteiger partial charge >= 0.3 is 0 Å². The first-order chi connectivity index (χ1) is 8.83. The molecule has 3 rings (SSSR count). The number of alkyl halides is 1. The minimum Gasteiger partial charge on any atom is -0.264 e. The van der Waals surface area contributed by atoms with Gasteiger partial charge in [0.2, 0.25) is 0 Å². The van der Waals surface area contributed by atoms with Crippen LogP contribution in [0.15, 0.2) is 48.8 Å². The van der Waals surface area contributed by atoms with Gasteiger partial charge in [0.1, 0.15) is 0 Å². The third kappa shape index (κ3) is 2.44. The number of fused-ring (bicyclic) bond motifs is 1. The van der Waals surface area contributed by atoms with E-state index in [0.717, 1.165) is 16.9 Å². The van der Waals surface area contributed by atoms with E-state index in [1.54, 1.807) is 17.5 Å². The van der Waals surface area contributed by atoms with Gasteiger partial charge in [-0.25, -0.2) is 4.98 Å². The van der Waals surface area contributed by atoms with Crippen LogP contribution in [0, 0.1) is 0 Å². The molecule has 4 heteroatoms. The molecule has 0 fully saturated rings. The van der Waals surface area contributed by atoms with Crippen molar-refractivity contribution in [3.05, 3.63) is 59.4 Å². The van der Waals surface area contributed by atoms with E-state index in [9.17, 15) is 0 Å². The fourth-order valence-electron chi connectivity index (χ4n) is 1.84. The number of benzene rings is 1. The van der Waals surface area contributed by atoms with E-state index >= 15 is 0 Å². The first-order valence-electron chi connectivity index (χ1n) is 5.71. The van der Waals surface area contributed by atoms with Crippen molar-refractivity contribution in [1.29, 1.82) is 0 Å². The molecule has 1 atom stereocenters. The van der Waals surface area contributed by atoms with Crippen molar-refractivity contribution in [3.8, 4) is 0 Å². The van der Waals surface area contributed by atoms with Crippen LogP contribution in [-0.2, 0) is 6.42 Å². The van der Waals surface area contributed by atoms with Crippen LogP contribution in [0.3, 0.4) is 0 Å². The van der Waals surface area contributed by atoms with Crippen LogP contribution >= 0.6 is 27.3 Å². The number of thiazole rings is 1. The smallest absolute Gasteiger partial charge is 0.0953 e. The van der Waals surface area contributed by atoms with Crippen LogP contribution in [-0.4, -0.2) is 9.97 Å². The van der Waals surface area contributed by atoms with Gasteiger partial charge < -0.3 is 0 Å². The molecular formula is C14H11BrN2S. The number of hydrogen-bond acceptors (Lipinski definition) is 3. The van der Waals surface area contributed by atoms with Crippen molar-refractivity contribution < 1.29 is 0 Å². The standard InChI is InChI=1S/C14H11BrN2S/c15-11(10-4-3-7-16-9-10)8-14-17-12-5-1-2-6-13(12)18-14/h1-7,9,11H,8H2. The Labute approximate surface area is 118 Å². The molecule has 18 heavy (non-hydrogen) atoms. The molecule has 0 aliphatic rings. The minimum absolute atomic E-state index is 0.270. The van der Waals surface area contributed by atoms with Crippen molar-refractivity contribution in [2.24, 2.45) is 0 Å². The fraction of sp³-hybridized carbons (Fsp3) is 0.143. The van der Waals surface area contributed by atoms with E-state index in [1.807, 2.05) is 18.3 Å². The summed E-state index contributed by atoms with van der Waals surface area (Å²) in [6, 6.07) is 12.3. The maximum Gasteiger partial charge on any atom is 0.0953 e. The first-order valence-corrected chi connectivity index (χ1v) is 7.44.